The number of carbonyl (C=O) groups is 2. The number of fused-ring (bicyclic) bond motifs is 3. The topological polar surface area (TPSA) is 74.4 Å². The predicted octanol–water partition coefficient (Wildman–Crippen LogP) is 4.04. The number of likely N-dealkylation sites (tertiary alicyclic amines) is 1. The van der Waals surface area contributed by atoms with E-state index in [0.717, 1.165) is 34.7 Å². The maximum Gasteiger partial charge on any atom is 0.325 e. The van der Waals surface area contributed by atoms with Crippen molar-refractivity contribution in [3.05, 3.63) is 59.6 Å². The molecule has 36 heavy (non-hydrogen) atoms. The minimum atomic E-state index is -0.421. The van der Waals surface area contributed by atoms with Crippen molar-refractivity contribution in [2.75, 3.05) is 33.9 Å². The second kappa shape index (κ2) is 10.3. The molecule has 0 aromatic heterocycles. The molecular formula is C28H38N4O4. The number of hydrogen-bond acceptors (Lipinski definition) is 5. The van der Waals surface area contributed by atoms with E-state index in [-0.39, 0.29) is 17.9 Å². The molecule has 3 aliphatic heterocycles. The number of nitrogens with one attached hydrogen (secondary N) is 1. The fourth-order valence-corrected chi connectivity index (χ4v) is 5.87. The van der Waals surface area contributed by atoms with Crippen LogP contribution in [0.25, 0.3) is 0 Å². The quantitative estimate of drug-likeness (QED) is 0.605. The van der Waals surface area contributed by atoms with E-state index >= 15 is 0 Å². The van der Waals surface area contributed by atoms with Crippen molar-refractivity contribution in [3.63, 3.8) is 0 Å². The monoisotopic (exact) mass is 494 g/mol. The van der Waals surface area contributed by atoms with Gasteiger partial charge in [0.2, 0.25) is 0 Å². The van der Waals surface area contributed by atoms with E-state index in [0.29, 0.717) is 44.7 Å². The number of rotatable bonds is 6. The fraction of sp³-hybridized carbons (Fsp3) is 0.500. The van der Waals surface area contributed by atoms with Gasteiger partial charge in [0.05, 0.1) is 32.0 Å². The lowest BCUT2D eigenvalue weighted by molar-refractivity contribution is -0.129. The average molecular weight is 495 g/mol. The molecule has 8 nitrogen and oxygen atoms in total. The summed E-state index contributed by atoms with van der Waals surface area (Å²) < 4.78 is 11.2. The molecule has 4 rings (SSSR count). The zero-order chi connectivity index (χ0) is 26.0. The summed E-state index contributed by atoms with van der Waals surface area (Å²) in [6.45, 7) is 12.2. The summed E-state index contributed by atoms with van der Waals surface area (Å²) in [7, 11) is 3.32. The Morgan fingerprint density at radius 1 is 1.25 bits per heavy atom. The van der Waals surface area contributed by atoms with Gasteiger partial charge >= 0.3 is 6.03 Å². The zero-order valence-electron chi connectivity index (χ0n) is 22.1. The Hall–Kier alpha value is -3.42. The van der Waals surface area contributed by atoms with Crippen molar-refractivity contribution in [1.82, 2.24) is 20.0 Å². The maximum absolute atomic E-state index is 13.8. The summed E-state index contributed by atoms with van der Waals surface area (Å²) in [5, 5.41) is 2.94. The highest BCUT2D eigenvalue weighted by molar-refractivity contribution is 5.92. The van der Waals surface area contributed by atoms with Crippen LogP contribution in [-0.2, 0) is 17.8 Å². The zero-order valence-corrected chi connectivity index (χ0v) is 22.1. The Morgan fingerprint density at radius 3 is 2.58 bits per heavy atom. The Morgan fingerprint density at radius 2 is 1.97 bits per heavy atom. The van der Waals surface area contributed by atoms with Crippen molar-refractivity contribution in [2.45, 2.75) is 52.1 Å². The minimum absolute atomic E-state index is 0.0181. The van der Waals surface area contributed by atoms with E-state index in [2.05, 4.69) is 24.9 Å². The number of piperidine rings is 1. The van der Waals surface area contributed by atoms with Crippen LogP contribution in [0.4, 0.5) is 4.79 Å². The van der Waals surface area contributed by atoms with Gasteiger partial charge in [0.25, 0.3) is 5.91 Å². The Bertz CT molecular complexity index is 1100. The lowest BCUT2D eigenvalue weighted by atomic mass is 9.81. The standard InChI is InChI=1S/C28H38N4O4/c1-7-11-29-20(4)26(33)30-12-9-28(10-13-30)25-15-19(3)14-23-21(16-22(35-5)17-24(23)36-6)18-31(25)27(34)32(28)8-2/h7,11,15-17,19,29H,4,8-10,12-14,18H2,1-3,5-6H3/b11-7-,25-15-/t19-/m1/s1. The average Bonchev–Trinajstić information content (AvgIpc) is 3.07. The van der Waals surface area contributed by atoms with Crippen LogP contribution in [-0.4, -0.2) is 66.0 Å². The van der Waals surface area contributed by atoms with Gasteiger partial charge in [0.15, 0.2) is 0 Å². The van der Waals surface area contributed by atoms with Crippen LogP contribution in [0.1, 0.15) is 44.7 Å². The van der Waals surface area contributed by atoms with Gasteiger partial charge in [-0.05, 0) is 62.4 Å². The molecule has 194 valence electrons. The molecule has 3 heterocycles. The third-order valence-corrected chi connectivity index (χ3v) is 7.65. The molecule has 0 bridgehead atoms. The first-order valence-corrected chi connectivity index (χ1v) is 12.7. The highest BCUT2D eigenvalue weighted by atomic mass is 16.5. The molecule has 1 aromatic rings. The number of nitrogens with zero attached hydrogens (tertiary/aromatic N) is 3. The first kappa shape index (κ1) is 25.7. The van der Waals surface area contributed by atoms with Crippen LogP contribution in [0.3, 0.4) is 0 Å². The van der Waals surface area contributed by atoms with Crippen molar-refractivity contribution in [1.29, 1.82) is 0 Å². The second-order valence-corrected chi connectivity index (χ2v) is 9.76. The normalized spacial score (nSPS) is 22.5. The molecule has 3 amide bonds. The maximum atomic E-state index is 13.8. The number of ether oxygens (including phenoxy) is 2. The predicted molar refractivity (Wildman–Crippen MR) is 139 cm³/mol. The molecule has 0 saturated carbocycles. The third-order valence-electron chi connectivity index (χ3n) is 7.65. The molecule has 2 saturated heterocycles. The molecule has 2 fully saturated rings. The van der Waals surface area contributed by atoms with Crippen molar-refractivity contribution >= 4 is 11.9 Å². The summed E-state index contributed by atoms with van der Waals surface area (Å²) in [5.41, 5.74) is 3.16. The summed E-state index contributed by atoms with van der Waals surface area (Å²) >= 11 is 0. The van der Waals surface area contributed by atoms with Crippen LogP contribution < -0.4 is 14.8 Å². The molecule has 1 spiro atoms. The van der Waals surface area contributed by atoms with Gasteiger partial charge < -0.3 is 24.6 Å². The molecule has 3 aliphatic rings. The molecule has 0 unspecified atom stereocenters. The van der Waals surface area contributed by atoms with E-state index < -0.39 is 5.54 Å². The smallest absolute Gasteiger partial charge is 0.325 e. The lowest BCUT2D eigenvalue weighted by Gasteiger charge is -2.44. The van der Waals surface area contributed by atoms with Crippen molar-refractivity contribution in [2.24, 2.45) is 5.92 Å². The largest absolute Gasteiger partial charge is 0.497 e. The van der Waals surface area contributed by atoms with Crippen molar-refractivity contribution in [3.8, 4) is 11.5 Å². The number of carbonyl (C=O) groups excluding carboxylic acids is 2. The summed E-state index contributed by atoms with van der Waals surface area (Å²) in [5.74, 6) is 1.62. The molecule has 0 radical (unpaired) electrons. The van der Waals surface area contributed by atoms with E-state index in [9.17, 15) is 9.59 Å². The second-order valence-electron chi connectivity index (χ2n) is 9.76. The first-order chi connectivity index (χ1) is 17.3. The van der Waals surface area contributed by atoms with Gasteiger partial charge in [0.1, 0.15) is 11.5 Å². The Balaban J connectivity index is 1.66. The van der Waals surface area contributed by atoms with Crippen LogP contribution >= 0.6 is 0 Å². The van der Waals surface area contributed by atoms with Crippen LogP contribution in [0.5, 0.6) is 11.5 Å². The number of hydrogen-bond donors (Lipinski definition) is 1. The van der Waals surface area contributed by atoms with Crippen LogP contribution in [0.15, 0.2) is 48.5 Å². The summed E-state index contributed by atoms with van der Waals surface area (Å²) in [6.07, 6.45) is 8.01. The Kier molecular flexibility index (Phi) is 7.33. The molecule has 1 atom stereocenters. The highest BCUT2D eigenvalue weighted by Gasteiger charge is 2.54. The third kappa shape index (κ3) is 4.33. The Labute approximate surface area is 214 Å². The number of likely N-dealkylation sites (N-methyl/N-ethyl adjacent to an activating group) is 1. The lowest BCUT2D eigenvalue weighted by Crippen LogP contribution is -2.55. The van der Waals surface area contributed by atoms with Crippen molar-refractivity contribution < 1.29 is 19.1 Å². The first-order valence-electron chi connectivity index (χ1n) is 12.7. The number of methoxy groups -OCH3 is 2. The molecule has 1 N–H and O–H groups in total. The van der Waals surface area contributed by atoms with Gasteiger partial charge in [-0.15, -0.1) is 0 Å². The minimum Gasteiger partial charge on any atom is -0.497 e. The SMILES string of the molecule is C=C(N/C=C\C)C(=O)N1CCC2(CC1)/C1=C/[C@H](C)Cc3c(cc(OC)cc3OC)CN1C(=O)N2CC. The van der Waals surface area contributed by atoms with Gasteiger partial charge in [-0.2, -0.15) is 0 Å². The summed E-state index contributed by atoms with van der Waals surface area (Å²) in [6, 6.07) is 3.95. The van der Waals surface area contributed by atoms with Gasteiger partial charge in [-0.25, -0.2) is 4.79 Å². The molecule has 1 aromatic carbocycles. The van der Waals surface area contributed by atoms with E-state index in [4.69, 9.17) is 9.47 Å². The molecule has 8 heteroatoms. The molecule has 0 aliphatic carbocycles. The van der Waals surface area contributed by atoms with Gasteiger partial charge in [-0.1, -0.05) is 25.7 Å². The number of amides is 3. The highest BCUT2D eigenvalue weighted by Crippen LogP contribution is 2.47. The van der Waals surface area contributed by atoms with Crippen LogP contribution in [0, 0.1) is 5.92 Å². The van der Waals surface area contributed by atoms with Crippen LogP contribution in [0.2, 0.25) is 0 Å². The van der Waals surface area contributed by atoms with Gasteiger partial charge in [-0.3, -0.25) is 9.69 Å². The van der Waals surface area contributed by atoms with E-state index in [1.807, 2.05) is 46.8 Å². The number of benzene rings is 1. The fourth-order valence-electron chi connectivity index (χ4n) is 5.87. The van der Waals surface area contributed by atoms with E-state index in [1.165, 1.54) is 0 Å². The number of allylic oxidation sites excluding steroid dienone is 2. The van der Waals surface area contributed by atoms with E-state index in [1.54, 1.807) is 20.4 Å². The summed E-state index contributed by atoms with van der Waals surface area (Å²) in [4.78, 5) is 32.5. The number of urea groups is 1. The van der Waals surface area contributed by atoms with Gasteiger partial charge in [0, 0.05) is 31.4 Å². The molecular weight excluding hydrogens is 456 g/mol.